The van der Waals surface area contributed by atoms with E-state index in [4.69, 9.17) is 4.98 Å². The van der Waals surface area contributed by atoms with Crippen molar-refractivity contribution in [2.75, 3.05) is 49.1 Å². The molecule has 2 atom stereocenters. The van der Waals surface area contributed by atoms with Crippen molar-refractivity contribution in [2.45, 2.75) is 26.4 Å². The fourth-order valence-electron chi connectivity index (χ4n) is 5.57. The molecular formula is C28H31F3N4O. The molecule has 2 saturated heterocycles. The van der Waals surface area contributed by atoms with Crippen LogP contribution in [-0.4, -0.2) is 55.1 Å². The van der Waals surface area contributed by atoms with Gasteiger partial charge in [-0.3, -0.25) is 4.79 Å². The zero-order chi connectivity index (χ0) is 25.4. The van der Waals surface area contributed by atoms with Gasteiger partial charge >= 0.3 is 6.18 Å². The van der Waals surface area contributed by atoms with Crippen LogP contribution in [-0.2, 0) is 6.18 Å². The Bertz CT molecular complexity index is 1240. The van der Waals surface area contributed by atoms with E-state index in [-0.39, 0.29) is 5.91 Å². The third-order valence-electron chi connectivity index (χ3n) is 7.23. The molecule has 5 rings (SSSR count). The number of hydrogen-bond donors (Lipinski definition) is 0. The number of piperidine rings is 1. The highest BCUT2D eigenvalue weighted by molar-refractivity contribution is 6.07. The normalized spacial score (nSPS) is 21.2. The van der Waals surface area contributed by atoms with E-state index in [0.717, 1.165) is 42.3 Å². The number of carbonyl (C=O) groups excluding carboxylic acids is 1. The van der Waals surface area contributed by atoms with Gasteiger partial charge in [0.1, 0.15) is 5.82 Å². The summed E-state index contributed by atoms with van der Waals surface area (Å²) in [4.78, 5) is 24.6. The number of amides is 1. The summed E-state index contributed by atoms with van der Waals surface area (Å²) in [5.41, 5.74) is 1.37. The Labute approximate surface area is 209 Å². The number of halogens is 3. The van der Waals surface area contributed by atoms with Crippen molar-refractivity contribution in [2.24, 2.45) is 11.8 Å². The molecule has 0 radical (unpaired) electrons. The molecule has 3 aromatic rings. The average molecular weight is 497 g/mol. The van der Waals surface area contributed by atoms with E-state index in [9.17, 15) is 18.0 Å². The van der Waals surface area contributed by atoms with Gasteiger partial charge in [-0.1, -0.05) is 38.1 Å². The quantitative estimate of drug-likeness (QED) is 0.467. The first-order valence-corrected chi connectivity index (χ1v) is 12.6. The lowest BCUT2D eigenvalue weighted by Gasteiger charge is -2.37. The largest absolute Gasteiger partial charge is 0.416 e. The van der Waals surface area contributed by atoms with E-state index >= 15 is 0 Å². The maximum atomic E-state index is 13.7. The number of para-hydroxylation sites is 1. The minimum atomic E-state index is -4.36. The Balaban J connectivity index is 1.38. The van der Waals surface area contributed by atoms with Crippen molar-refractivity contribution >= 4 is 28.3 Å². The molecule has 0 spiro atoms. The maximum Gasteiger partial charge on any atom is 0.416 e. The molecule has 36 heavy (non-hydrogen) atoms. The Hall–Kier alpha value is -3.29. The van der Waals surface area contributed by atoms with Crippen molar-refractivity contribution in [3.8, 4) is 0 Å². The smallest absolute Gasteiger partial charge is 0.368 e. The molecule has 3 heterocycles. The third kappa shape index (κ3) is 4.99. The highest BCUT2D eigenvalue weighted by atomic mass is 19.4. The van der Waals surface area contributed by atoms with Crippen LogP contribution < -0.4 is 9.80 Å². The van der Waals surface area contributed by atoms with Crippen LogP contribution in [0.1, 0.15) is 36.2 Å². The number of aromatic nitrogens is 1. The second-order valence-electron chi connectivity index (χ2n) is 10.2. The standard InChI is InChI=1S/C28H31F3N4O/c1-19-14-20(2)18-35(17-19)27(36)24-16-26(32-25-9-4-3-8-23(24)25)34-12-10-33(11-13-34)22-7-5-6-21(15-22)28(29,30)31/h3-9,15-16,19-20H,10-14,17-18H2,1-2H3/t19-,20-/m1/s1. The lowest BCUT2D eigenvalue weighted by molar-refractivity contribution is -0.137. The molecule has 2 aromatic carbocycles. The molecule has 2 aliphatic rings. The van der Waals surface area contributed by atoms with E-state index in [1.807, 2.05) is 40.1 Å². The molecule has 0 bridgehead atoms. The first-order chi connectivity index (χ1) is 17.2. The van der Waals surface area contributed by atoms with E-state index < -0.39 is 11.7 Å². The van der Waals surface area contributed by atoms with Gasteiger partial charge in [0.15, 0.2) is 0 Å². The molecule has 1 amide bonds. The van der Waals surface area contributed by atoms with Gasteiger partial charge in [0.05, 0.1) is 16.6 Å². The van der Waals surface area contributed by atoms with Crippen molar-refractivity contribution in [1.82, 2.24) is 9.88 Å². The summed E-state index contributed by atoms with van der Waals surface area (Å²) in [5.74, 6) is 1.71. The second-order valence-corrected chi connectivity index (χ2v) is 10.2. The number of pyridine rings is 1. The van der Waals surface area contributed by atoms with E-state index in [2.05, 4.69) is 18.7 Å². The minimum absolute atomic E-state index is 0.0378. The highest BCUT2D eigenvalue weighted by Crippen LogP contribution is 2.33. The topological polar surface area (TPSA) is 39.7 Å². The van der Waals surface area contributed by atoms with Crippen LogP contribution in [0.25, 0.3) is 10.9 Å². The Morgan fingerprint density at radius 1 is 0.889 bits per heavy atom. The van der Waals surface area contributed by atoms with Crippen LogP contribution in [0.2, 0.25) is 0 Å². The predicted octanol–water partition coefficient (Wildman–Crippen LogP) is 5.70. The van der Waals surface area contributed by atoms with Crippen LogP contribution in [0, 0.1) is 11.8 Å². The van der Waals surface area contributed by atoms with Gasteiger partial charge in [0.25, 0.3) is 5.91 Å². The number of piperazine rings is 1. The first-order valence-electron chi connectivity index (χ1n) is 12.6. The summed E-state index contributed by atoms with van der Waals surface area (Å²) >= 11 is 0. The van der Waals surface area contributed by atoms with Crippen LogP contribution in [0.5, 0.6) is 0 Å². The third-order valence-corrected chi connectivity index (χ3v) is 7.23. The summed E-state index contributed by atoms with van der Waals surface area (Å²) in [7, 11) is 0. The monoisotopic (exact) mass is 496 g/mol. The number of alkyl halides is 3. The summed E-state index contributed by atoms with van der Waals surface area (Å²) in [6, 6.07) is 15.1. The zero-order valence-corrected chi connectivity index (χ0v) is 20.6. The number of benzene rings is 2. The summed E-state index contributed by atoms with van der Waals surface area (Å²) in [6.45, 7) is 8.24. The molecule has 5 nitrogen and oxygen atoms in total. The summed E-state index contributed by atoms with van der Waals surface area (Å²) in [5, 5.41) is 0.847. The Morgan fingerprint density at radius 2 is 1.56 bits per heavy atom. The number of nitrogens with zero attached hydrogens (tertiary/aromatic N) is 4. The molecule has 2 aliphatic heterocycles. The molecular weight excluding hydrogens is 465 g/mol. The fraction of sp³-hybridized carbons (Fsp3) is 0.429. The van der Waals surface area contributed by atoms with Crippen molar-refractivity contribution in [3.63, 3.8) is 0 Å². The highest BCUT2D eigenvalue weighted by Gasteiger charge is 2.32. The number of carbonyl (C=O) groups is 1. The van der Waals surface area contributed by atoms with Gasteiger partial charge in [-0.05, 0) is 48.6 Å². The van der Waals surface area contributed by atoms with Gasteiger partial charge in [-0.25, -0.2) is 4.98 Å². The first kappa shape index (κ1) is 24.4. The number of hydrogen-bond acceptors (Lipinski definition) is 4. The average Bonchev–Trinajstić information content (AvgIpc) is 2.87. The van der Waals surface area contributed by atoms with Gasteiger partial charge < -0.3 is 14.7 Å². The Kier molecular flexibility index (Phi) is 6.53. The maximum absolute atomic E-state index is 13.7. The minimum Gasteiger partial charge on any atom is -0.368 e. The van der Waals surface area contributed by atoms with Crippen LogP contribution in [0.4, 0.5) is 24.7 Å². The number of likely N-dealkylation sites (tertiary alicyclic amines) is 1. The lowest BCUT2D eigenvalue weighted by atomic mass is 9.91. The molecule has 1 aromatic heterocycles. The van der Waals surface area contributed by atoms with Crippen molar-refractivity contribution in [3.05, 3.63) is 65.7 Å². The molecule has 0 N–H and O–H groups in total. The van der Waals surface area contributed by atoms with Crippen LogP contribution >= 0.6 is 0 Å². The number of fused-ring (bicyclic) bond motifs is 1. The van der Waals surface area contributed by atoms with Gasteiger partial charge in [0, 0.05) is 50.3 Å². The molecule has 0 aliphatic carbocycles. The van der Waals surface area contributed by atoms with E-state index in [0.29, 0.717) is 49.3 Å². The SMILES string of the molecule is C[C@@H]1C[C@@H](C)CN(C(=O)c2cc(N3CCN(c4cccc(C(F)(F)F)c4)CC3)nc3ccccc23)C1. The van der Waals surface area contributed by atoms with Crippen LogP contribution in [0.3, 0.4) is 0 Å². The molecule has 8 heteroatoms. The second kappa shape index (κ2) is 9.64. The van der Waals surface area contributed by atoms with Gasteiger partial charge in [0.2, 0.25) is 0 Å². The van der Waals surface area contributed by atoms with Crippen molar-refractivity contribution < 1.29 is 18.0 Å². The zero-order valence-electron chi connectivity index (χ0n) is 20.6. The summed E-state index contributed by atoms with van der Waals surface area (Å²) < 4.78 is 39.5. The van der Waals surface area contributed by atoms with Gasteiger partial charge in [-0.2, -0.15) is 13.2 Å². The lowest BCUT2D eigenvalue weighted by Crippen LogP contribution is -2.47. The summed E-state index contributed by atoms with van der Waals surface area (Å²) in [6.07, 6.45) is -3.23. The molecule has 0 saturated carbocycles. The van der Waals surface area contributed by atoms with E-state index in [1.165, 1.54) is 12.1 Å². The molecule has 0 unspecified atom stereocenters. The number of rotatable bonds is 3. The predicted molar refractivity (Wildman–Crippen MR) is 136 cm³/mol. The Morgan fingerprint density at radius 3 is 2.25 bits per heavy atom. The van der Waals surface area contributed by atoms with Crippen molar-refractivity contribution in [1.29, 1.82) is 0 Å². The number of anilines is 2. The molecule has 2 fully saturated rings. The van der Waals surface area contributed by atoms with Gasteiger partial charge in [-0.15, -0.1) is 0 Å². The fourth-order valence-corrected chi connectivity index (χ4v) is 5.57. The van der Waals surface area contributed by atoms with E-state index in [1.54, 1.807) is 6.07 Å². The van der Waals surface area contributed by atoms with Crippen LogP contribution in [0.15, 0.2) is 54.6 Å². The molecule has 190 valence electrons.